The van der Waals surface area contributed by atoms with Crippen molar-refractivity contribution in [2.24, 2.45) is 0 Å². The molecular weight excluding hydrogens is 292 g/mol. The number of benzene rings is 1. The number of hydrogen-bond acceptors (Lipinski definition) is 2. The van der Waals surface area contributed by atoms with Gasteiger partial charge in [0.05, 0.1) is 0 Å². The average Bonchev–Trinajstić information content (AvgIpc) is 2.72. The van der Waals surface area contributed by atoms with Gasteiger partial charge in [0, 0.05) is 30.0 Å². The summed E-state index contributed by atoms with van der Waals surface area (Å²) in [5, 5.41) is 6.28. The molecule has 1 atom stereocenters. The molecule has 2 N–H and O–H groups in total. The fraction of sp³-hybridized carbons (Fsp3) is 0.500. The summed E-state index contributed by atoms with van der Waals surface area (Å²) in [6.45, 7) is 3.39. The van der Waals surface area contributed by atoms with Crippen molar-refractivity contribution in [2.45, 2.75) is 32.2 Å². The van der Waals surface area contributed by atoms with Gasteiger partial charge >= 0.3 is 0 Å². The van der Waals surface area contributed by atoms with Crippen LogP contribution in [0.25, 0.3) is 0 Å². The van der Waals surface area contributed by atoms with Gasteiger partial charge in [-0.15, -0.1) is 0 Å². The molecule has 18 heavy (non-hydrogen) atoms. The minimum absolute atomic E-state index is 0.124. The normalized spacial score (nSPS) is 17.6. The van der Waals surface area contributed by atoms with Crippen LogP contribution in [0.2, 0.25) is 0 Å². The van der Waals surface area contributed by atoms with Gasteiger partial charge in [-0.1, -0.05) is 22.0 Å². The fourth-order valence-electron chi connectivity index (χ4n) is 2.44. The second-order valence-corrected chi connectivity index (χ2v) is 5.51. The highest BCUT2D eigenvalue weighted by Gasteiger charge is 2.21. The fourth-order valence-corrected chi connectivity index (χ4v) is 2.85. The smallest absolute Gasteiger partial charge is 0.221 e. The zero-order valence-electron chi connectivity index (χ0n) is 10.6. The maximum atomic E-state index is 11.3. The Morgan fingerprint density at radius 3 is 3.11 bits per heavy atom. The van der Waals surface area contributed by atoms with Crippen molar-refractivity contribution >= 4 is 21.8 Å². The molecule has 1 unspecified atom stereocenters. The molecule has 2 rings (SSSR count). The summed E-state index contributed by atoms with van der Waals surface area (Å²) in [7, 11) is 0. The Kier molecular flexibility index (Phi) is 4.78. The molecule has 0 fully saturated rings. The van der Waals surface area contributed by atoms with E-state index in [1.54, 1.807) is 0 Å². The number of rotatable bonds is 5. The van der Waals surface area contributed by atoms with E-state index in [2.05, 4.69) is 44.8 Å². The molecule has 0 saturated carbocycles. The number of carbonyl (C=O) groups is 1. The van der Waals surface area contributed by atoms with Crippen molar-refractivity contribution in [3.05, 3.63) is 33.8 Å². The van der Waals surface area contributed by atoms with E-state index >= 15 is 0 Å². The SMILES string of the molecule is CCNC(=O)CCNC1CCc2cc(Br)ccc21. The number of fused-ring (bicyclic) bond motifs is 1. The van der Waals surface area contributed by atoms with Crippen LogP contribution in [-0.4, -0.2) is 19.0 Å². The predicted octanol–water partition coefficient (Wildman–Crippen LogP) is 2.55. The van der Waals surface area contributed by atoms with Gasteiger partial charge in [0.1, 0.15) is 0 Å². The molecule has 1 aromatic rings. The standard InChI is InChI=1S/C14H19BrN2O/c1-2-16-14(18)7-8-17-13-6-3-10-9-11(15)4-5-12(10)13/h4-5,9,13,17H,2-3,6-8H2,1H3,(H,16,18). The van der Waals surface area contributed by atoms with Crippen molar-refractivity contribution in [3.8, 4) is 0 Å². The highest BCUT2D eigenvalue weighted by molar-refractivity contribution is 9.10. The Bertz CT molecular complexity index is 434. The summed E-state index contributed by atoms with van der Waals surface area (Å²) < 4.78 is 1.14. The summed E-state index contributed by atoms with van der Waals surface area (Å²) >= 11 is 3.50. The van der Waals surface area contributed by atoms with Gasteiger partial charge in [0.25, 0.3) is 0 Å². The second-order valence-electron chi connectivity index (χ2n) is 4.59. The molecule has 0 radical (unpaired) electrons. The van der Waals surface area contributed by atoms with E-state index in [4.69, 9.17) is 0 Å². The number of nitrogens with one attached hydrogen (secondary N) is 2. The Morgan fingerprint density at radius 2 is 2.33 bits per heavy atom. The molecular formula is C14H19BrN2O. The quantitative estimate of drug-likeness (QED) is 0.877. The number of hydrogen-bond donors (Lipinski definition) is 2. The van der Waals surface area contributed by atoms with Gasteiger partial charge in [0.15, 0.2) is 0 Å². The van der Waals surface area contributed by atoms with Crippen LogP contribution < -0.4 is 10.6 Å². The van der Waals surface area contributed by atoms with E-state index in [0.29, 0.717) is 19.0 Å². The van der Waals surface area contributed by atoms with Crippen LogP contribution in [-0.2, 0) is 11.2 Å². The molecule has 0 heterocycles. The monoisotopic (exact) mass is 310 g/mol. The van der Waals surface area contributed by atoms with Gasteiger partial charge in [0.2, 0.25) is 5.91 Å². The third kappa shape index (κ3) is 3.33. The summed E-state index contributed by atoms with van der Waals surface area (Å²) in [4.78, 5) is 11.3. The van der Waals surface area contributed by atoms with Crippen LogP contribution in [0.4, 0.5) is 0 Å². The minimum Gasteiger partial charge on any atom is -0.356 e. The van der Waals surface area contributed by atoms with Gasteiger partial charge in [-0.2, -0.15) is 0 Å². The molecule has 0 aliphatic heterocycles. The predicted molar refractivity (Wildman–Crippen MR) is 76.5 cm³/mol. The molecule has 4 heteroatoms. The lowest BCUT2D eigenvalue weighted by Crippen LogP contribution is -2.28. The Balaban J connectivity index is 1.85. The van der Waals surface area contributed by atoms with Crippen LogP contribution in [0.1, 0.15) is 36.9 Å². The average molecular weight is 311 g/mol. The highest BCUT2D eigenvalue weighted by atomic mass is 79.9. The zero-order valence-corrected chi connectivity index (χ0v) is 12.2. The first-order chi connectivity index (χ1) is 8.70. The summed E-state index contributed by atoms with van der Waals surface area (Å²) in [5.41, 5.74) is 2.80. The van der Waals surface area contributed by atoms with E-state index in [1.165, 1.54) is 11.1 Å². The Labute approximate surface area is 116 Å². The molecule has 1 amide bonds. The Hall–Kier alpha value is -0.870. The first kappa shape index (κ1) is 13.6. The van der Waals surface area contributed by atoms with Gasteiger partial charge in [-0.3, -0.25) is 4.79 Å². The van der Waals surface area contributed by atoms with E-state index in [-0.39, 0.29) is 5.91 Å². The summed E-state index contributed by atoms with van der Waals surface area (Å²) in [6, 6.07) is 6.86. The molecule has 0 bridgehead atoms. The third-order valence-electron chi connectivity index (χ3n) is 3.30. The van der Waals surface area contributed by atoms with Crippen molar-refractivity contribution in [1.82, 2.24) is 10.6 Å². The van der Waals surface area contributed by atoms with E-state index < -0.39 is 0 Å². The van der Waals surface area contributed by atoms with Crippen LogP contribution in [0.5, 0.6) is 0 Å². The van der Waals surface area contributed by atoms with Crippen LogP contribution >= 0.6 is 15.9 Å². The third-order valence-corrected chi connectivity index (χ3v) is 3.79. The van der Waals surface area contributed by atoms with E-state index in [1.807, 2.05) is 6.92 Å². The van der Waals surface area contributed by atoms with Crippen molar-refractivity contribution in [2.75, 3.05) is 13.1 Å². The molecule has 1 aromatic carbocycles. The topological polar surface area (TPSA) is 41.1 Å². The first-order valence-electron chi connectivity index (χ1n) is 6.49. The maximum Gasteiger partial charge on any atom is 0.221 e. The van der Waals surface area contributed by atoms with Gasteiger partial charge in [-0.25, -0.2) is 0 Å². The summed E-state index contributed by atoms with van der Waals surface area (Å²) in [6.07, 6.45) is 2.80. The maximum absolute atomic E-state index is 11.3. The first-order valence-corrected chi connectivity index (χ1v) is 7.28. The van der Waals surface area contributed by atoms with Crippen molar-refractivity contribution in [1.29, 1.82) is 0 Å². The lowest BCUT2D eigenvalue weighted by Gasteiger charge is -2.13. The number of aryl methyl sites for hydroxylation is 1. The molecule has 1 aliphatic carbocycles. The lowest BCUT2D eigenvalue weighted by atomic mass is 10.1. The number of amides is 1. The van der Waals surface area contributed by atoms with Crippen molar-refractivity contribution < 1.29 is 4.79 Å². The molecule has 0 aromatic heterocycles. The number of carbonyl (C=O) groups excluding carboxylic acids is 1. The highest BCUT2D eigenvalue weighted by Crippen LogP contribution is 2.32. The van der Waals surface area contributed by atoms with Crippen LogP contribution in [0, 0.1) is 0 Å². The molecule has 0 spiro atoms. The van der Waals surface area contributed by atoms with Crippen LogP contribution in [0.3, 0.4) is 0 Å². The lowest BCUT2D eigenvalue weighted by molar-refractivity contribution is -0.120. The molecule has 0 saturated heterocycles. The zero-order chi connectivity index (χ0) is 13.0. The van der Waals surface area contributed by atoms with Crippen molar-refractivity contribution in [3.63, 3.8) is 0 Å². The van der Waals surface area contributed by atoms with E-state index in [0.717, 1.165) is 23.9 Å². The molecule has 3 nitrogen and oxygen atoms in total. The molecule has 1 aliphatic rings. The Morgan fingerprint density at radius 1 is 1.50 bits per heavy atom. The van der Waals surface area contributed by atoms with E-state index in [9.17, 15) is 4.79 Å². The van der Waals surface area contributed by atoms with Crippen LogP contribution in [0.15, 0.2) is 22.7 Å². The molecule has 98 valence electrons. The second kappa shape index (κ2) is 6.34. The van der Waals surface area contributed by atoms with Gasteiger partial charge in [-0.05, 0) is 43.0 Å². The number of halogens is 1. The largest absolute Gasteiger partial charge is 0.356 e. The summed E-state index contributed by atoms with van der Waals surface area (Å²) in [5.74, 6) is 0.124. The minimum atomic E-state index is 0.124. The van der Waals surface area contributed by atoms with Gasteiger partial charge < -0.3 is 10.6 Å².